The molecule has 3 N–H and O–H groups in total. The lowest BCUT2D eigenvalue weighted by Gasteiger charge is -2.14. The van der Waals surface area contributed by atoms with Gasteiger partial charge in [0.25, 0.3) is 0 Å². The van der Waals surface area contributed by atoms with Crippen LogP contribution in [0.3, 0.4) is 0 Å². The molecule has 0 aromatic heterocycles. The van der Waals surface area contributed by atoms with E-state index in [1.807, 2.05) is 6.92 Å². The topological polar surface area (TPSA) is 47.3 Å². The maximum Gasteiger partial charge on any atom is 0.0632 e. The Labute approximate surface area is 75.6 Å². The molecule has 0 saturated heterocycles. The molecule has 3 nitrogen and oxygen atoms in total. The minimum absolute atomic E-state index is 0.330. The molecule has 0 fully saturated rings. The molecule has 0 spiro atoms. The van der Waals surface area contributed by atoms with Crippen LogP contribution in [0.2, 0.25) is 0 Å². The predicted octanol–water partition coefficient (Wildman–Crippen LogP) is 1.44. The molecule has 74 valence electrons. The van der Waals surface area contributed by atoms with Gasteiger partial charge in [0.2, 0.25) is 0 Å². The van der Waals surface area contributed by atoms with Gasteiger partial charge in [-0.1, -0.05) is 26.2 Å². The Morgan fingerprint density at radius 3 is 2.58 bits per heavy atom. The second kappa shape index (κ2) is 8.97. The predicted molar refractivity (Wildman–Crippen MR) is 51.7 cm³/mol. The zero-order valence-electron chi connectivity index (χ0n) is 8.31. The van der Waals surface area contributed by atoms with E-state index in [1.165, 1.54) is 19.3 Å². The molecule has 12 heavy (non-hydrogen) atoms. The smallest absolute Gasteiger partial charge is 0.0632 e. The van der Waals surface area contributed by atoms with Crippen LogP contribution in [0.15, 0.2) is 0 Å². The third-order valence-corrected chi connectivity index (χ3v) is 1.92. The SMILES string of the molecule is CCCCCC(COCC)NN. The van der Waals surface area contributed by atoms with Crippen LogP contribution in [-0.2, 0) is 4.74 Å². The van der Waals surface area contributed by atoms with Crippen molar-refractivity contribution in [2.45, 2.75) is 45.6 Å². The van der Waals surface area contributed by atoms with Crippen LogP contribution in [-0.4, -0.2) is 19.3 Å². The highest BCUT2D eigenvalue weighted by atomic mass is 16.5. The van der Waals surface area contributed by atoms with Crippen LogP contribution in [0.4, 0.5) is 0 Å². The van der Waals surface area contributed by atoms with E-state index in [-0.39, 0.29) is 0 Å². The minimum atomic E-state index is 0.330. The van der Waals surface area contributed by atoms with Crippen LogP contribution >= 0.6 is 0 Å². The summed E-state index contributed by atoms with van der Waals surface area (Å²) in [6.07, 6.45) is 4.89. The van der Waals surface area contributed by atoms with Gasteiger partial charge in [-0.15, -0.1) is 0 Å². The number of hydrogen-bond donors (Lipinski definition) is 2. The van der Waals surface area contributed by atoms with Crippen molar-refractivity contribution in [1.82, 2.24) is 5.43 Å². The van der Waals surface area contributed by atoms with E-state index in [4.69, 9.17) is 10.6 Å². The summed E-state index contributed by atoms with van der Waals surface area (Å²) in [5.41, 5.74) is 2.77. The molecule has 0 rings (SSSR count). The van der Waals surface area contributed by atoms with Crippen molar-refractivity contribution >= 4 is 0 Å². The molecule has 1 atom stereocenters. The number of nitrogens with two attached hydrogens (primary N) is 1. The molecule has 0 aromatic carbocycles. The van der Waals surface area contributed by atoms with Crippen LogP contribution in [0, 0.1) is 0 Å². The highest BCUT2D eigenvalue weighted by Gasteiger charge is 2.04. The molecule has 0 aliphatic carbocycles. The number of hydrazine groups is 1. The normalized spacial score (nSPS) is 13.2. The summed E-state index contributed by atoms with van der Waals surface area (Å²) < 4.78 is 5.27. The van der Waals surface area contributed by atoms with E-state index >= 15 is 0 Å². The summed E-state index contributed by atoms with van der Waals surface area (Å²) in [6.45, 7) is 5.70. The number of hydrogen-bond acceptors (Lipinski definition) is 3. The second-order valence-corrected chi connectivity index (χ2v) is 3.02. The first-order valence-corrected chi connectivity index (χ1v) is 4.89. The fourth-order valence-corrected chi connectivity index (χ4v) is 1.12. The molecule has 0 bridgehead atoms. The highest BCUT2D eigenvalue weighted by molar-refractivity contribution is 4.61. The lowest BCUT2D eigenvalue weighted by Crippen LogP contribution is -2.38. The Bertz CT molecular complexity index is 88.6. The largest absolute Gasteiger partial charge is 0.380 e. The van der Waals surface area contributed by atoms with Crippen LogP contribution in [0.25, 0.3) is 0 Å². The van der Waals surface area contributed by atoms with Gasteiger partial charge in [0.05, 0.1) is 6.61 Å². The van der Waals surface area contributed by atoms with E-state index in [1.54, 1.807) is 0 Å². The molecular weight excluding hydrogens is 152 g/mol. The molecule has 0 radical (unpaired) electrons. The van der Waals surface area contributed by atoms with Crippen LogP contribution in [0.5, 0.6) is 0 Å². The van der Waals surface area contributed by atoms with Gasteiger partial charge in [-0.25, -0.2) is 0 Å². The molecule has 0 saturated carbocycles. The molecule has 0 aliphatic heterocycles. The van der Waals surface area contributed by atoms with E-state index in [2.05, 4.69) is 12.3 Å². The van der Waals surface area contributed by atoms with Gasteiger partial charge < -0.3 is 4.74 Å². The second-order valence-electron chi connectivity index (χ2n) is 3.02. The molecule has 1 unspecified atom stereocenters. The fourth-order valence-electron chi connectivity index (χ4n) is 1.12. The quantitative estimate of drug-likeness (QED) is 0.332. The van der Waals surface area contributed by atoms with Crippen molar-refractivity contribution in [3.8, 4) is 0 Å². The Hall–Kier alpha value is -0.120. The van der Waals surface area contributed by atoms with Crippen molar-refractivity contribution in [2.75, 3.05) is 13.2 Å². The van der Waals surface area contributed by atoms with Crippen molar-refractivity contribution < 1.29 is 4.74 Å². The number of unbranched alkanes of at least 4 members (excludes halogenated alkanes) is 2. The van der Waals surface area contributed by atoms with Gasteiger partial charge in [0, 0.05) is 12.6 Å². The van der Waals surface area contributed by atoms with Crippen molar-refractivity contribution in [2.24, 2.45) is 5.84 Å². The lowest BCUT2D eigenvalue weighted by molar-refractivity contribution is 0.119. The third kappa shape index (κ3) is 6.58. The van der Waals surface area contributed by atoms with Gasteiger partial charge in [-0.05, 0) is 13.3 Å². The summed E-state index contributed by atoms with van der Waals surface area (Å²) in [4.78, 5) is 0. The van der Waals surface area contributed by atoms with E-state index < -0.39 is 0 Å². The average molecular weight is 174 g/mol. The molecular formula is C9H22N2O. The van der Waals surface area contributed by atoms with Crippen LogP contribution < -0.4 is 11.3 Å². The molecule has 0 aliphatic rings. The number of rotatable bonds is 8. The summed E-state index contributed by atoms with van der Waals surface area (Å²) >= 11 is 0. The molecule has 3 heteroatoms. The fraction of sp³-hybridized carbons (Fsp3) is 1.00. The Morgan fingerprint density at radius 2 is 2.08 bits per heavy atom. The van der Waals surface area contributed by atoms with Crippen molar-refractivity contribution in [3.05, 3.63) is 0 Å². The first-order valence-electron chi connectivity index (χ1n) is 4.89. The first-order chi connectivity index (χ1) is 5.85. The Kier molecular flexibility index (Phi) is 8.88. The Morgan fingerprint density at radius 1 is 1.33 bits per heavy atom. The maximum absolute atomic E-state index is 5.37. The van der Waals surface area contributed by atoms with Gasteiger partial charge >= 0.3 is 0 Å². The average Bonchev–Trinajstić information content (AvgIpc) is 2.11. The maximum atomic E-state index is 5.37. The minimum Gasteiger partial charge on any atom is -0.380 e. The zero-order chi connectivity index (χ0) is 9.23. The number of ether oxygens (including phenoxy) is 1. The van der Waals surface area contributed by atoms with Gasteiger partial charge in [-0.3, -0.25) is 11.3 Å². The van der Waals surface area contributed by atoms with Gasteiger partial charge in [0.1, 0.15) is 0 Å². The summed E-state index contributed by atoms with van der Waals surface area (Å²) in [6, 6.07) is 0.330. The van der Waals surface area contributed by atoms with Crippen molar-refractivity contribution in [1.29, 1.82) is 0 Å². The summed E-state index contributed by atoms with van der Waals surface area (Å²) in [5, 5.41) is 0. The first kappa shape index (κ1) is 11.9. The van der Waals surface area contributed by atoms with Crippen molar-refractivity contribution in [3.63, 3.8) is 0 Å². The highest BCUT2D eigenvalue weighted by Crippen LogP contribution is 2.02. The monoisotopic (exact) mass is 174 g/mol. The Balaban J connectivity index is 3.26. The van der Waals surface area contributed by atoms with E-state index in [0.717, 1.165) is 19.6 Å². The third-order valence-electron chi connectivity index (χ3n) is 1.92. The molecule has 0 heterocycles. The lowest BCUT2D eigenvalue weighted by atomic mass is 10.1. The molecule has 0 aromatic rings. The van der Waals surface area contributed by atoms with E-state index in [0.29, 0.717) is 6.04 Å². The summed E-state index contributed by atoms with van der Waals surface area (Å²) in [7, 11) is 0. The van der Waals surface area contributed by atoms with Gasteiger partial charge in [-0.2, -0.15) is 0 Å². The van der Waals surface area contributed by atoms with Crippen LogP contribution in [0.1, 0.15) is 39.5 Å². The van der Waals surface area contributed by atoms with Gasteiger partial charge in [0.15, 0.2) is 0 Å². The standard InChI is InChI=1S/C9H22N2O/c1-3-5-6-7-9(11-10)8-12-4-2/h9,11H,3-8,10H2,1-2H3. The molecule has 0 amide bonds. The zero-order valence-corrected chi connectivity index (χ0v) is 8.31. The summed E-state index contributed by atoms with van der Waals surface area (Å²) in [5.74, 6) is 5.37. The van der Waals surface area contributed by atoms with E-state index in [9.17, 15) is 0 Å². The number of nitrogens with one attached hydrogen (secondary N) is 1.